The number of alkyl halides is 2. The fourth-order valence-electron chi connectivity index (χ4n) is 3.48. The Bertz CT molecular complexity index is 1450. The Kier molecular flexibility index (Phi) is 6.76. The zero-order chi connectivity index (χ0) is 25.8. The van der Waals surface area contributed by atoms with E-state index < -0.39 is 40.0 Å². The van der Waals surface area contributed by atoms with Crippen molar-refractivity contribution in [1.82, 2.24) is 15.0 Å². The summed E-state index contributed by atoms with van der Waals surface area (Å²) >= 11 is 0. The molecule has 0 saturated heterocycles. The lowest BCUT2D eigenvalue weighted by Gasteiger charge is -2.36. The van der Waals surface area contributed by atoms with E-state index in [1.54, 1.807) is 24.3 Å². The van der Waals surface area contributed by atoms with Crippen molar-refractivity contribution in [3.63, 3.8) is 0 Å². The fourth-order valence-corrected chi connectivity index (χ4v) is 3.48. The van der Waals surface area contributed by atoms with Crippen LogP contribution in [0.2, 0.25) is 0 Å². The van der Waals surface area contributed by atoms with Crippen LogP contribution >= 0.6 is 0 Å². The fraction of sp³-hybridized carbons (Fsp3) is 0.0769. The lowest BCUT2D eigenvalue weighted by molar-refractivity contribution is -0.175. The third-order valence-electron chi connectivity index (χ3n) is 5.31. The largest absolute Gasteiger partial charge is 0.411 e. The standard InChI is InChI=1S/C26H16F4N4O2/c27-21-8-9-22(23(28)11-21)25(35,20-14-31-16-32-15-20)26(29,30)24-10-7-18(12-33-24)4-1-17-2-5-19(6-3-17)13-34-36/h2-3,5-16,35-36H/b34-13+. The summed E-state index contributed by atoms with van der Waals surface area (Å²) in [5.74, 6) is -0.928. The number of pyridine rings is 1. The summed E-state index contributed by atoms with van der Waals surface area (Å²) < 4.78 is 59.8. The van der Waals surface area contributed by atoms with Gasteiger partial charge in [-0.1, -0.05) is 29.1 Å². The van der Waals surface area contributed by atoms with Crippen LogP contribution < -0.4 is 0 Å². The average molecular weight is 492 g/mol. The van der Waals surface area contributed by atoms with Gasteiger partial charge in [-0.3, -0.25) is 4.98 Å². The zero-order valence-corrected chi connectivity index (χ0v) is 18.3. The van der Waals surface area contributed by atoms with Crippen LogP contribution in [0.1, 0.15) is 33.5 Å². The van der Waals surface area contributed by atoms with E-state index in [9.17, 15) is 13.9 Å². The van der Waals surface area contributed by atoms with Crippen LogP contribution in [0.25, 0.3) is 0 Å². The second-order valence-electron chi connectivity index (χ2n) is 7.58. The molecule has 0 amide bonds. The molecule has 2 N–H and O–H groups in total. The number of nitrogens with zero attached hydrogens (tertiary/aromatic N) is 4. The Balaban J connectivity index is 1.71. The van der Waals surface area contributed by atoms with E-state index >= 15 is 8.78 Å². The highest BCUT2D eigenvalue weighted by atomic mass is 19.3. The molecule has 0 aliphatic carbocycles. The van der Waals surface area contributed by atoms with Gasteiger partial charge in [-0.15, -0.1) is 0 Å². The van der Waals surface area contributed by atoms with Crippen molar-refractivity contribution < 1.29 is 27.9 Å². The molecule has 2 aromatic heterocycles. The molecule has 1 atom stereocenters. The predicted molar refractivity (Wildman–Crippen MR) is 121 cm³/mol. The minimum absolute atomic E-state index is 0.301. The quantitative estimate of drug-likeness (QED) is 0.142. The Labute approximate surface area is 202 Å². The summed E-state index contributed by atoms with van der Waals surface area (Å²) in [5, 5.41) is 22.8. The molecule has 2 aromatic carbocycles. The van der Waals surface area contributed by atoms with Crippen LogP contribution in [-0.2, 0) is 11.5 Å². The normalized spacial score (nSPS) is 13.1. The van der Waals surface area contributed by atoms with Crippen LogP contribution in [-0.4, -0.2) is 31.5 Å². The van der Waals surface area contributed by atoms with Gasteiger partial charge in [0.15, 0.2) is 5.60 Å². The van der Waals surface area contributed by atoms with Crippen molar-refractivity contribution in [2.75, 3.05) is 0 Å². The maximum Gasteiger partial charge on any atom is 0.326 e. The van der Waals surface area contributed by atoms with Crippen LogP contribution in [0.15, 0.2) is 84.7 Å². The molecular formula is C26H16F4N4O2. The number of aromatic nitrogens is 3. The average Bonchev–Trinajstić information content (AvgIpc) is 2.89. The molecule has 6 nitrogen and oxygen atoms in total. The van der Waals surface area contributed by atoms with Crippen LogP contribution in [0.3, 0.4) is 0 Å². The molecule has 4 aromatic rings. The summed E-state index contributed by atoms with van der Waals surface area (Å²) in [6, 6.07) is 10.8. The second kappa shape index (κ2) is 9.93. The van der Waals surface area contributed by atoms with Gasteiger partial charge < -0.3 is 10.3 Å². The van der Waals surface area contributed by atoms with E-state index in [1.165, 1.54) is 12.3 Å². The summed E-state index contributed by atoms with van der Waals surface area (Å²) in [4.78, 5) is 11.1. The summed E-state index contributed by atoms with van der Waals surface area (Å²) in [7, 11) is 0. The van der Waals surface area contributed by atoms with Crippen LogP contribution in [0, 0.1) is 23.5 Å². The molecule has 0 fully saturated rings. The minimum Gasteiger partial charge on any atom is -0.411 e. The van der Waals surface area contributed by atoms with Crippen molar-refractivity contribution in [1.29, 1.82) is 0 Å². The third-order valence-corrected chi connectivity index (χ3v) is 5.31. The van der Waals surface area contributed by atoms with E-state index in [0.29, 0.717) is 22.8 Å². The molecule has 0 bridgehead atoms. The Morgan fingerprint density at radius 2 is 1.53 bits per heavy atom. The van der Waals surface area contributed by atoms with Gasteiger partial charge in [0.25, 0.3) is 0 Å². The predicted octanol–water partition coefficient (Wildman–Crippen LogP) is 4.39. The highest BCUT2D eigenvalue weighted by Gasteiger charge is 2.58. The lowest BCUT2D eigenvalue weighted by Crippen LogP contribution is -2.45. The van der Waals surface area contributed by atoms with Gasteiger partial charge >= 0.3 is 5.92 Å². The van der Waals surface area contributed by atoms with Crippen molar-refractivity contribution >= 4 is 6.21 Å². The van der Waals surface area contributed by atoms with Gasteiger partial charge in [0.05, 0.1) is 6.21 Å². The maximum atomic E-state index is 15.8. The first kappa shape index (κ1) is 24.5. The monoisotopic (exact) mass is 492 g/mol. The third kappa shape index (κ3) is 4.64. The molecule has 36 heavy (non-hydrogen) atoms. The molecule has 1 unspecified atom stereocenters. The first-order chi connectivity index (χ1) is 17.3. The topological polar surface area (TPSA) is 91.5 Å². The summed E-state index contributed by atoms with van der Waals surface area (Å²) in [5.41, 5.74) is -3.99. The SMILES string of the molecule is O/N=C/c1ccc(C#Cc2ccc(C(F)(F)C(O)(c3cncnc3)c3ccc(F)cc3F)nc2)cc1. The first-order valence-electron chi connectivity index (χ1n) is 10.3. The van der Waals surface area contributed by atoms with Crippen LogP contribution in [0.4, 0.5) is 17.6 Å². The molecular weight excluding hydrogens is 476 g/mol. The zero-order valence-electron chi connectivity index (χ0n) is 18.3. The van der Waals surface area contributed by atoms with Crippen molar-refractivity contribution in [2.24, 2.45) is 5.16 Å². The molecule has 10 heteroatoms. The van der Waals surface area contributed by atoms with Crippen molar-refractivity contribution in [3.05, 3.63) is 125 Å². The smallest absolute Gasteiger partial charge is 0.326 e. The van der Waals surface area contributed by atoms with Gasteiger partial charge in [-0.25, -0.2) is 18.7 Å². The second-order valence-corrected chi connectivity index (χ2v) is 7.58. The number of aliphatic hydroxyl groups is 1. The molecule has 0 radical (unpaired) electrons. The Morgan fingerprint density at radius 3 is 2.14 bits per heavy atom. The highest BCUT2D eigenvalue weighted by Crippen LogP contribution is 2.49. The van der Waals surface area contributed by atoms with Gasteiger partial charge in [0.1, 0.15) is 23.7 Å². The van der Waals surface area contributed by atoms with E-state index in [2.05, 4.69) is 31.9 Å². The Hall–Kier alpha value is -4.62. The van der Waals surface area contributed by atoms with Crippen molar-refractivity contribution in [3.8, 4) is 11.8 Å². The lowest BCUT2D eigenvalue weighted by atomic mass is 9.80. The molecule has 0 aliphatic heterocycles. The van der Waals surface area contributed by atoms with E-state index in [0.717, 1.165) is 43.1 Å². The van der Waals surface area contributed by atoms with Crippen molar-refractivity contribution in [2.45, 2.75) is 11.5 Å². The summed E-state index contributed by atoms with van der Waals surface area (Å²) in [6.07, 6.45) is 5.23. The number of oxime groups is 1. The first-order valence-corrected chi connectivity index (χ1v) is 10.3. The van der Waals surface area contributed by atoms with Gasteiger partial charge in [-0.2, -0.15) is 8.78 Å². The number of hydrogen-bond acceptors (Lipinski definition) is 6. The number of benzene rings is 2. The number of rotatable bonds is 5. The molecule has 0 aliphatic rings. The molecule has 180 valence electrons. The van der Waals surface area contributed by atoms with E-state index in [1.807, 2.05) is 0 Å². The number of hydrogen-bond donors (Lipinski definition) is 2. The molecule has 0 spiro atoms. The van der Waals surface area contributed by atoms with E-state index in [4.69, 9.17) is 5.21 Å². The molecule has 2 heterocycles. The van der Waals surface area contributed by atoms with Gasteiger partial charge in [0, 0.05) is 46.9 Å². The number of halogens is 4. The highest BCUT2D eigenvalue weighted by molar-refractivity contribution is 5.79. The van der Waals surface area contributed by atoms with Gasteiger partial charge in [0.2, 0.25) is 0 Å². The molecule has 4 rings (SSSR count). The molecule has 0 saturated carbocycles. The van der Waals surface area contributed by atoms with Crippen LogP contribution in [0.5, 0.6) is 0 Å². The van der Waals surface area contributed by atoms with E-state index in [-0.39, 0.29) is 0 Å². The Morgan fingerprint density at radius 1 is 0.861 bits per heavy atom. The maximum absolute atomic E-state index is 15.8. The van der Waals surface area contributed by atoms with Gasteiger partial charge in [-0.05, 0) is 42.0 Å². The summed E-state index contributed by atoms with van der Waals surface area (Å²) in [6.45, 7) is 0. The minimum atomic E-state index is -4.19.